The van der Waals surface area contributed by atoms with Gasteiger partial charge in [0.15, 0.2) is 0 Å². The standard InChI is InChI=1S/C15H21FN2O/c1-11-10-19-8-7-18(11)15-4-2-3-14(16)13(15)9-17-12-5-6-12/h2-4,11-12,17H,5-10H2,1H3. The summed E-state index contributed by atoms with van der Waals surface area (Å²) in [5.41, 5.74) is 1.81. The molecule has 1 saturated heterocycles. The summed E-state index contributed by atoms with van der Waals surface area (Å²) >= 11 is 0. The van der Waals surface area contributed by atoms with Gasteiger partial charge >= 0.3 is 0 Å². The Morgan fingerprint density at radius 2 is 2.26 bits per heavy atom. The molecule has 2 aliphatic rings. The van der Waals surface area contributed by atoms with Gasteiger partial charge in [0.25, 0.3) is 0 Å². The molecule has 2 fully saturated rings. The number of benzene rings is 1. The topological polar surface area (TPSA) is 24.5 Å². The van der Waals surface area contributed by atoms with Gasteiger partial charge in [-0.05, 0) is 31.9 Å². The number of morpholine rings is 1. The van der Waals surface area contributed by atoms with Crippen molar-refractivity contribution in [3.8, 4) is 0 Å². The molecule has 1 N–H and O–H groups in total. The molecule has 0 amide bonds. The molecule has 1 saturated carbocycles. The fourth-order valence-corrected chi connectivity index (χ4v) is 2.61. The average Bonchev–Trinajstić information content (AvgIpc) is 3.22. The third-order valence-corrected chi connectivity index (χ3v) is 3.92. The summed E-state index contributed by atoms with van der Waals surface area (Å²) < 4.78 is 19.6. The Bertz CT molecular complexity index is 448. The van der Waals surface area contributed by atoms with Crippen LogP contribution in [-0.4, -0.2) is 31.8 Å². The lowest BCUT2D eigenvalue weighted by Gasteiger charge is -2.36. The lowest BCUT2D eigenvalue weighted by molar-refractivity contribution is 0.0988. The van der Waals surface area contributed by atoms with Gasteiger partial charge in [0.05, 0.1) is 13.2 Å². The minimum atomic E-state index is -0.107. The zero-order valence-electron chi connectivity index (χ0n) is 11.4. The molecule has 4 heteroatoms. The monoisotopic (exact) mass is 264 g/mol. The van der Waals surface area contributed by atoms with Crippen LogP contribution >= 0.6 is 0 Å². The molecule has 1 aliphatic carbocycles. The van der Waals surface area contributed by atoms with Crippen LogP contribution in [0.5, 0.6) is 0 Å². The molecule has 104 valence electrons. The normalized spacial score (nSPS) is 23.7. The van der Waals surface area contributed by atoms with E-state index >= 15 is 0 Å². The Morgan fingerprint density at radius 1 is 1.42 bits per heavy atom. The van der Waals surface area contributed by atoms with Crippen molar-refractivity contribution in [1.29, 1.82) is 0 Å². The predicted octanol–water partition coefficient (Wildman–Crippen LogP) is 2.30. The number of nitrogens with zero attached hydrogens (tertiary/aromatic N) is 1. The number of hydrogen-bond acceptors (Lipinski definition) is 3. The van der Waals surface area contributed by atoms with Crippen LogP contribution < -0.4 is 10.2 Å². The number of anilines is 1. The summed E-state index contributed by atoms with van der Waals surface area (Å²) in [6.45, 7) is 5.02. The predicted molar refractivity (Wildman–Crippen MR) is 73.9 cm³/mol. The van der Waals surface area contributed by atoms with Crippen molar-refractivity contribution < 1.29 is 9.13 Å². The first-order valence-corrected chi connectivity index (χ1v) is 7.11. The van der Waals surface area contributed by atoms with E-state index in [0.717, 1.165) is 24.4 Å². The Labute approximate surface area is 113 Å². The van der Waals surface area contributed by atoms with Crippen molar-refractivity contribution in [2.24, 2.45) is 0 Å². The molecule has 3 nitrogen and oxygen atoms in total. The van der Waals surface area contributed by atoms with E-state index in [1.807, 2.05) is 6.07 Å². The molecule has 1 aromatic carbocycles. The molecular weight excluding hydrogens is 243 g/mol. The molecule has 3 rings (SSSR count). The molecular formula is C15H21FN2O. The number of nitrogens with one attached hydrogen (secondary N) is 1. The van der Waals surface area contributed by atoms with Crippen molar-refractivity contribution in [1.82, 2.24) is 5.32 Å². The summed E-state index contributed by atoms with van der Waals surface area (Å²) in [6, 6.07) is 6.27. The SMILES string of the molecule is CC1COCCN1c1cccc(F)c1CNC1CC1. The Balaban J connectivity index is 1.83. The molecule has 1 aliphatic heterocycles. The minimum absolute atomic E-state index is 0.107. The second kappa shape index (κ2) is 5.47. The molecule has 1 heterocycles. The van der Waals surface area contributed by atoms with Crippen LogP contribution in [0.25, 0.3) is 0 Å². The molecule has 0 spiro atoms. The molecule has 0 radical (unpaired) electrons. The number of halogens is 1. The highest BCUT2D eigenvalue weighted by molar-refractivity contribution is 5.55. The van der Waals surface area contributed by atoms with Crippen LogP contribution in [0.2, 0.25) is 0 Å². The van der Waals surface area contributed by atoms with Crippen LogP contribution in [0.1, 0.15) is 25.3 Å². The van der Waals surface area contributed by atoms with Gasteiger partial charge in [0, 0.05) is 36.4 Å². The molecule has 0 bridgehead atoms. The molecule has 1 atom stereocenters. The maximum absolute atomic E-state index is 14.1. The highest BCUT2D eigenvalue weighted by atomic mass is 19.1. The van der Waals surface area contributed by atoms with Gasteiger partial charge in [-0.2, -0.15) is 0 Å². The average molecular weight is 264 g/mol. The maximum atomic E-state index is 14.1. The third kappa shape index (κ3) is 2.90. The van der Waals surface area contributed by atoms with E-state index in [4.69, 9.17) is 4.74 Å². The van der Waals surface area contributed by atoms with Gasteiger partial charge in [-0.1, -0.05) is 6.07 Å². The second-order valence-electron chi connectivity index (χ2n) is 5.51. The zero-order chi connectivity index (χ0) is 13.2. The van der Waals surface area contributed by atoms with Crippen LogP contribution in [-0.2, 0) is 11.3 Å². The van der Waals surface area contributed by atoms with Gasteiger partial charge in [0.2, 0.25) is 0 Å². The maximum Gasteiger partial charge on any atom is 0.129 e. The van der Waals surface area contributed by atoms with Crippen LogP contribution in [0.15, 0.2) is 18.2 Å². The number of rotatable bonds is 4. The Hall–Kier alpha value is -1.13. The van der Waals surface area contributed by atoms with Crippen LogP contribution in [0, 0.1) is 5.82 Å². The molecule has 19 heavy (non-hydrogen) atoms. The number of ether oxygens (including phenoxy) is 1. The first-order chi connectivity index (χ1) is 9.25. The van der Waals surface area contributed by atoms with Gasteiger partial charge < -0.3 is 15.0 Å². The highest BCUT2D eigenvalue weighted by Crippen LogP contribution is 2.28. The largest absolute Gasteiger partial charge is 0.377 e. The molecule has 0 aromatic heterocycles. The summed E-state index contributed by atoms with van der Waals surface area (Å²) in [5, 5.41) is 3.41. The summed E-state index contributed by atoms with van der Waals surface area (Å²) in [6.07, 6.45) is 2.44. The van der Waals surface area contributed by atoms with Gasteiger partial charge in [-0.15, -0.1) is 0 Å². The number of hydrogen-bond donors (Lipinski definition) is 1. The van der Waals surface area contributed by atoms with Crippen molar-refractivity contribution in [3.63, 3.8) is 0 Å². The lowest BCUT2D eigenvalue weighted by atomic mass is 10.1. The minimum Gasteiger partial charge on any atom is -0.377 e. The summed E-state index contributed by atoms with van der Waals surface area (Å²) in [7, 11) is 0. The van der Waals surface area contributed by atoms with E-state index in [0.29, 0.717) is 25.2 Å². The van der Waals surface area contributed by atoms with Gasteiger partial charge in [0.1, 0.15) is 5.82 Å². The molecule has 1 aromatic rings. The molecule has 1 unspecified atom stereocenters. The summed E-state index contributed by atoms with van der Waals surface area (Å²) in [4.78, 5) is 2.26. The van der Waals surface area contributed by atoms with E-state index < -0.39 is 0 Å². The van der Waals surface area contributed by atoms with E-state index in [1.54, 1.807) is 12.1 Å². The lowest BCUT2D eigenvalue weighted by Crippen LogP contribution is -2.44. The van der Waals surface area contributed by atoms with E-state index in [1.165, 1.54) is 12.8 Å². The smallest absolute Gasteiger partial charge is 0.129 e. The first kappa shape index (κ1) is 12.9. The van der Waals surface area contributed by atoms with E-state index in [2.05, 4.69) is 17.1 Å². The fourth-order valence-electron chi connectivity index (χ4n) is 2.61. The summed E-state index contributed by atoms with van der Waals surface area (Å²) in [5.74, 6) is -0.107. The van der Waals surface area contributed by atoms with Crippen molar-refractivity contribution in [2.75, 3.05) is 24.7 Å². The van der Waals surface area contributed by atoms with Crippen molar-refractivity contribution in [2.45, 2.75) is 38.4 Å². The van der Waals surface area contributed by atoms with Crippen LogP contribution in [0.3, 0.4) is 0 Å². The Morgan fingerprint density at radius 3 is 3.00 bits per heavy atom. The third-order valence-electron chi connectivity index (χ3n) is 3.92. The van der Waals surface area contributed by atoms with E-state index in [-0.39, 0.29) is 5.82 Å². The van der Waals surface area contributed by atoms with Crippen molar-refractivity contribution >= 4 is 5.69 Å². The van der Waals surface area contributed by atoms with Crippen molar-refractivity contribution in [3.05, 3.63) is 29.6 Å². The zero-order valence-corrected chi connectivity index (χ0v) is 11.4. The second-order valence-corrected chi connectivity index (χ2v) is 5.51. The highest BCUT2D eigenvalue weighted by Gasteiger charge is 2.25. The van der Waals surface area contributed by atoms with Gasteiger partial charge in [-0.3, -0.25) is 0 Å². The fraction of sp³-hybridized carbons (Fsp3) is 0.600. The Kier molecular flexibility index (Phi) is 3.71. The van der Waals surface area contributed by atoms with E-state index in [9.17, 15) is 4.39 Å². The van der Waals surface area contributed by atoms with Crippen LogP contribution in [0.4, 0.5) is 10.1 Å². The quantitative estimate of drug-likeness (QED) is 0.903. The van der Waals surface area contributed by atoms with Gasteiger partial charge in [-0.25, -0.2) is 4.39 Å². The first-order valence-electron chi connectivity index (χ1n) is 7.11.